The Morgan fingerprint density at radius 3 is 2.84 bits per heavy atom. The number of rotatable bonds is 3. The summed E-state index contributed by atoms with van der Waals surface area (Å²) >= 11 is 0. The van der Waals surface area contributed by atoms with Crippen LogP contribution in [0.3, 0.4) is 0 Å². The lowest BCUT2D eigenvalue weighted by Crippen LogP contribution is -2.45. The zero-order valence-electron chi connectivity index (χ0n) is 12.0. The van der Waals surface area contributed by atoms with Gasteiger partial charge in [-0.2, -0.15) is 0 Å². The number of hydrogen-bond donors (Lipinski definition) is 1. The van der Waals surface area contributed by atoms with Crippen molar-refractivity contribution in [2.24, 2.45) is 0 Å². The molecule has 3 unspecified atom stereocenters. The van der Waals surface area contributed by atoms with E-state index in [9.17, 15) is 0 Å². The molecule has 1 aromatic heterocycles. The topological polar surface area (TPSA) is 41.1 Å². The summed E-state index contributed by atoms with van der Waals surface area (Å²) < 4.78 is 0. The van der Waals surface area contributed by atoms with Crippen molar-refractivity contribution in [1.82, 2.24) is 20.2 Å². The number of aromatic nitrogens is 2. The fourth-order valence-corrected chi connectivity index (χ4v) is 3.75. The minimum atomic E-state index is 0.378. The number of nitrogens with one attached hydrogen (secondary N) is 1. The van der Waals surface area contributed by atoms with Gasteiger partial charge in [-0.1, -0.05) is 0 Å². The zero-order chi connectivity index (χ0) is 13.2. The molecule has 0 radical (unpaired) electrons. The lowest BCUT2D eigenvalue weighted by molar-refractivity contribution is 0.160. The molecule has 0 bridgehead atoms. The second-order valence-electron chi connectivity index (χ2n) is 5.85. The average molecular weight is 260 g/mol. The quantitative estimate of drug-likeness (QED) is 0.903. The molecule has 3 heterocycles. The number of aryl methyl sites for hydroxylation is 1. The highest BCUT2D eigenvalue weighted by Crippen LogP contribution is 2.32. The van der Waals surface area contributed by atoms with E-state index in [0.717, 1.165) is 11.4 Å². The molecule has 2 aliphatic heterocycles. The van der Waals surface area contributed by atoms with E-state index < -0.39 is 0 Å². The highest BCUT2D eigenvalue weighted by molar-refractivity contribution is 5.14. The molecule has 104 valence electrons. The van der Waals surface area contributed by atoms with Crippen LogP contribution in [-0.2, 0) is 0 Å². The summed E-state index contributed by atoms with van der Waals surface area (Å²) in [5.74, 6) is 0. The maximum absolute atomic E-state index is 4.56. The van der Waals surface area contributed by atoms with Gasteiger partial charge >= 0.3 is 0 Å². The summed E-state index contributed by atoms with van der Waals surface area (Å²) in [5, 5.41) is 3.67. The fraction of sp³-hybridized carbons (Fsp3) is 0.733. The van der Waals surface area contributed by atoms with Gasteiger partial charge in [0.05, 0.1) is 17.4 Å². The third kappa shape index (κ3) is 2.51. The van der Waals surface area contributed by atoms with Gasteiger partial charge in [0.25, 0.3) is 0 Å². The van der Waals surface area contributed by atoms with Crippen molar-refractivity contribution in [1.29, 1.82) is 0 Å². The van der Waals surface area contributed by atoms with Crippen molar-refractivity contribution < 1.29 is 0 Å². The summed E-state index contributed by atoms with van der Waals surface area (Å²) in [6, 6.07) is 1.74. The molecule has 1 aromatic rings. The molecule has 1 N–H and O–H groups in total. The maximum atomic E-state index is 4.56. The van der Waals surface area contributed by atoms with Crippen molar-refractivity contribution in [2.75, 3.05) is 13.1 Å². The Balaban J connectivity index is 1.78. The zero-order valence-corrected chi connectivity index (χ0v) is 12.0. The molecule has 0 saturated carbocycles. The van der Waals surface area contributed by atoms with Crippen LogP contribution in [0, 0.1) is 6.92 Å². The molecular weight excluding hydrogens is 236 g/mol. The van der Waals surface area contributed by atoms with E-state index in [1.807, 2.05) is 6.20 Å². The van der Waals surface area contributed by atoms with E-state index in [2.05, 4.69) is 34.0 Å². The molecule has 0 amide bonds. The highest BCUT2D eigenvalue weighted by Gasteiger charge is 2.36. The van der Waals surface area contributed by atoms with Gasteiger partial charge in [-0.25, -0.2) is 0 Å². The van der Waals surface area contributed by atoms with Gasteiger partial charge in [0.2, 0.25) is 0 Å². The summed E-state index contributed by atoms with van der Waals surface area (Å²) in [5.41, 5.74) is 2.22. The van der Waals surface area contributed by atoms with Crippen LogP contribution in [0.2, 0.25) is 0 Å². The average Bonchev–Trinajstić information content (AvgIpc) is 3.09. The minimum Gasteiger partial charge on any atom is -0.312 e. The first-order valence-electron chi connectivity index (χ1n) is 7.54. The van der Waals surface area contributed by atoms with Gasteiger partial charge in [0.1, 0.15) is 0 Å². The van der Waals surface area contributed by atoms with Gasteiger partial charge < -0.3 is 5.32 Å². The summed E-state index contributed by atoms with van der Waals surface area (Å²) in [4.78, 5) is 11.6. The van der Waals surface area contributed by atoms with Crippen molar-refractivity contribution in [2.45, 2.75) is 57.7 Å². The number of nitrogens with zero attached hydrogens (tertiary/aromatic N) is 3. The molecule has 2 aliphatic rings. The molecule has 4 nitrogen and oxygen atoms in total. The van der Waals surface area contributed by atoms with E-state index in [4.69, 9.17) is 0 Å². The number of hydrogen-bond acceptors (Lipinski definition) is 4. The molecule has 4 heteroatoms. The first-order chi connectivity index (χ1) is 9.27. The second-order valence-corrected chi connectivity index (χ2v) is 5.85. The van der Waals surface area contributed by atoms with E-state index in [1.165, 1.54) is 38.8 Å². The lowest BCUT2D eigenvalue weighted by atomic mass is 10.0. The van der Waals surface area contributed by atoms with Crippen LogP contribution in [0.15, 0.2) is 12.4 Å². The summed E-state index contributed by atoms with van der Waals surface area (Å²) in [6.07, 6.45) is 8.89. The third-order valence-electron chi connectivity index (χ3n) is 4.72. The molecule has 2 saturated heterocycles. The van der Waals surface area contributed by atoms with Crippen molar-refractivity contribution in [3.63, 3.8) is 0 Å². The predicted octanol–water partition coefficient (Wildman–Crippen LogP) is 2.06. The van der Waals surface area contributed by atoms with Crippen LogP contribution < -0.4 is 5.32 Å². The molecule has 19 heavy (non-hydrogen) atoms. The van der Waals surface area contributed by atoms with E-state index >= 15 is 0 Å². The Hall–Kier alpha value is -1.00. The molecule has 0 aliphatic carbocycles. The monoisotopic (exact) mass is 260 g/mol. The second kappa shape index (κ2) is 5.55. The van der Waals surface area contributed by atoms with Crippen molar-refractivity contribution >= 4 is 0 Å². The molecule has 0 spiro atoms. The Bertz CT molecular complexity index is 428. The van der Waals surface area contributed by atoms with Crippen LogP contribution in [0.4, 0.5) is 0 Å². The van der Waals surface area contributed by atoms with Crippen molar-refractivity contribution in [3.8, 4) is 0 Å². The third-order valence-corrected chi connectivity index (χ3v) is 4.72. The summed E-state index contributed by atoms with van der Waals surface area (Å²) in [6.45, 7) is 6.73. The van der Waals surface area contributed by atoms with Gasteiger partial charge in [-0.15, -0.1) is 0 Å². The van der Waals surface area contributed by atoms with Crippen LogP contribution in [-0.4, -0.2) is 40.0 Å². The standard InChI is InChI=1S/C15H24N4/c1-11-15(18-9-8-16-11)12(2)19-10-4-6-14(19)13-5-3-7-17-13/h8-9,12-14,17H,3-7,10H2,1-2H3. The minimum absolute atomic E-state index is 0.378. The normalized spacial score (nSPS) is 29.8. The van der Waals surface area contributed by atoms with Gasteiger partial charge in [-0.05, 0) is 52.6 Å². The molecule has 0 aromatic carbocycles. The Morgan fingerprint density at radius 2 is 2.11 bits per heavy atom. The molecular formula is C15H24N4. The van der Waals surface area contributed by atoms with Gasteiger partial charge in [-0.3, -0.25) is 14.9 Å². The first kappa shape index (κ1) is 13.0. The number of likely N-dealkylation sites (tertiary alicyclic amines) is 1. The Labute approximate surface area is 115 Å². The molecule has 3 atom stereocenters. The van der Waals surface area contributed by atoms with E-state index in [1.54, 1.807) is 6.20 Å². The maximum Gasteiger partial charge on any atom is 0.0784 e. The Morgan fingerprint density at radius 1 is 1.26 bits per heavy atom. The highest BCUT2D eigenvalue weighted by atomic mass is 15.2. The fourth-order valence-electron chi connectivity index (χ4n) is 3.75. The van der Waals surface area contributed by atoms with Crippen LogP contribution in [0.25, 0.3) is 0 Å². The largest absolute Gasteiger partial charge is 0.312 e. The van der Waals surface area contributed by atoms with E-state index in [0.29, 0.717) is 18.1 Å². The van der Waals surface area contributed by atoms with E-state index in [-0.39, 0.29) is 0 Å². The first-order valence-corrected chi connectivity index (χ1v) is 7.54. The van der Waals surface area contributed by atoms with Gasteiger partial charge in [0, 0.05) is 24.5 Å². The van der Waals surface area contributed by atoms with Crippen molar-refractivity contribution in [3.05, 3.63) is 23.8 Å². The Kier molecular flexibility index (Phi) is 3.80. The summed E-state index contributed by atoms with van der Waals surface area (Å²) in [7, 11) is 0. The van der Waals surface area contributed by atoms with Gasteiger partial charge in [0.15, 0.2) is 0 Å². The molecule has 2 fully saturated rings. The smallest absolute Gasteiger partial charge is 0.0784 e. The molecule has 3 rings (SSSR count). The van der Waals surface area contributed by atoms with Crippen LogP contribution >= 0.6 is 0 Å². The van der Waals surface area contributed by atoms with Crippen LogP contribution in [0.5, 0.6) is 0 Å². The lowest BCUT2D eigenvalue weighted by Gasteiger charge is -2.34. The SMILES string of the molecule is Cc1nccnc1C(C)N1CCCC1C1CCCN1. The van der Waals surface area contributed by atoms with Crippen LogP contribution in [0.1, 0.15) is 50.0 Å². The predicted molar refractivity (Wildman–Crippen MR) is 75.9 cm³/mol.